The quantitative estimate of drug-likeness (QED) is 0.942. The van der Waals surface area contributed by atoms with E-state index in [1.807, 2.05) is 37.3 Å². The van der Waals surface area contributed by atoms with Crippen molar-refractivity contribution in [3.8, 4) is 11.5 Å². The van der Waals surface area contributed by atoms with E-state index in [4.69, 9.17) is 9.47 Å². The van der Waals surface area contributed by atoms with Gasteiger partial charge in [0.2, 0.25) is 6.79 Å². The summed E-state index contributed by atoms with van der Waals surface area (Å²) in [5, 5.41) is 10.5. The zero-order valence-corrected chi connectivity index (χ0v) is 13.1. The molecule has 0 aliphatic carbocycles. The van der Waals surface area contributed by atoms with E-state index in [1.165, 1.54) is 4.90 Å². The molecule has 0 unspecified atom stereocenters. The Morgan fingerprint density at radius 2 is 1.83 bits per heavy atom. The van der Waals surface area contributed by atoms with Crippen molar-refractivity contribution in [2.75, 3.05) is 13.8 Å². The van der Waals surface area contributed by atoms with Gasteiger partial charge in [-0.1, -0.05) is 30.3 Å². The lowest BCUT2D eigenvalue weighted by Crippen LogP contribution is -2.39. The van der Waals surface area contributed by atoms with Gasteiger partial charge < -0.3 is 19.5 Å². The SMILES string of the molecule is C[C@@H]([C@@H](O)c1ccccc1)N(C)C(=O)c1ccc2c(c1)OCO2. The van der Waals surface area contributed by atoms with Crippen LogP contribution in [-0.4, -0.2) is 35.8 Å². The monoisotopic (exact) mass is 313 g/mol. The van der Waals surface area contributed by atoms with Crippen molar-refractivity contribution in [3.05, 3.63) is 59.7 Å². The first-order chi connectivity index (χ1) is 11.1. The molecule has 0 saturated carbocycles. The smallest absolute Gasteiger partial charge is 0.254 e. The predicted octanol–water partition coefficient (Wildman–Crippen LogP) is 2.61. The average molecular weight is 313 g/mol. The van der Waals surface area contributed by atoms with Crippen LogP contribution in [0.2, 0.25) is 0 Å². The van der Waals surface area contributed by atoms with Crippen molar-refractivity contribution in [1.29, 1.82) is 0 Å². The summed E-state index contributed by atoms with van der Waals surface area (Å²) >= 11 is 0. The molecule has 3 rings (SSSR count). The van der Waals surface area contributed by atoms with Gasteiger partial charge in [0.05, 0.1) is 12.1 Å². The predicted molar refractivity (Wildman–Crippen MR) is 85.5 cm³/mol. The summed E-state index contributed by atoms with van der Waals surface area (Å²) in [6.45, 7) is 1.99. The number of hydrogen-bond acceptors (Lipinski definition) is 4. The lowest BCUT2D eigenvalue weighted by Gasteiger charge is -2.29. The second-order valence-corrected chi connectivity index (χ2v) is 5.58. The number of hydrogen-bond donors (Lipinski definition) is 1. The first kappa shape index (κ1) is 15.4. The van der Waals surface area contributed by atoms with Crippen molar-refractivity contribution < 1.29 is 19.4 Å². The van der Waals surface area contributed by atoms with Crippen LogP contribution < -0.4 is 9.47 Å². The summed E-state index contributed by atoms with van der Waals surface area (Å²) in [5.41, 5.74) is 1.29. The molecule has 0 fully saturated rings. The molecule has 0 radical (unpaired) electrons. The Labute approximate surface area is 135 Å². The number of fused-ring (bicyclic) bond motifs is 1. The van der Waals surface area contributed by atoms with E-state index in [2.05, 4.69) is 0 Å². The molecule has 2 atom stereocenters. The standard InChI is InChI=1S/C18H19NO4/c1-12(17(20)13-6-4-3-5-7-13)19(2)18(21)14-8-9-15-16(10-14)23-11-22-15/h3-10,12,17,20H,11H2,1-2H3/t12-,17+/m0/s1. The Morgan fingerprint density at radius 1 is 1.13 bits per heavy atom. The van der Waals surface area contributed by atoms with Crippen molar-refractivity contribution in [3.63, 3.8) is 0 Å². The number of nitrogens with zero attached hydrogens (tertiary/aromatic N) is 1. The molecular formula is C18H19NO4. The van der Waals surface area contributed by atoms with Crippen molar-refractivity contribution in [2.45, 2.75) is 19.1 Å². The maximum atomic E-state index is 12.6. The molecule has 1 aliphatic rings. The lowest BCUT2D eigenvalue weighted by atomic mass is 10.0. The summed E-state index contributed by atoms with van der Waals surface area (Å²) in [4.78, 5) is 14.2. The van der Waals surface area contributed by atoms with Gasteiger partial charge in [-0.05, 0) is 30.7 Å². The minimum Gasteiger partial charge on any atom is -0.454 e. The second-order valence-electron chi connectivity index (χ2n) is 5.58. The molecule has 0 spiro atoms. The third-order valence-electron chi connectivity index (χ3n) is 4.15. The number of likely N-dealkylation sites (N-methyl/N-ethyl adjacent to an activating group) is 1. The van der Waals surface area contributed by atoms with Crippen LogP contribution in [0, 0.1) is 0 Å². The number of benzene rings is 2. The van der Waals surface area contributed by atoms with Crippen LogP contribution in [0.25, 0.3) is 0 Å². The van der Waals surface area contributed by atoms with Crippen LogP contribution in [0.15, 0.2) is 48.5 Å². The summed E-state index contributed by atoms with van der Waals surface area (Å²) in [6, 6.07) is 14.0. The van der Waals surface area contributed by atoms with Crippen LogP contribution in [0.5, 0.6) is 11.5 Å². The number of amides is 1. The van der Waals surface area contributed by atoms with Crippen LogP contribution in [0.3, 0.4) is 0 Å². The van der Waals surface area contributed by atoms with Gasteiger partial charge in [-0.15, -0.1) is 0 Å². The maximum Gasteiger partial charge on any atom is 0.254 e. The highest BCUT2D eigenvalue weighted by molar-refractivity contribution is 5.95. The summed E-state index contributed by atoms with van der Waals surface area (Å²) < 4.78 is 10.6. The highest BCUT2D eigenvalue weighted by Gasteiger charge is 2.26. The molecule has 1 heterocycles. The fourth-order valence-electron chi connectivity index (χ4n) is 2.56. The van der Waals surface area contributed by atoms with E-state index in [0.29, 0.717) is 17.1 Å². The number of ether oxygens (including phenoxy) is 2. The molecule has 0 saturated heterocycles. The molecule has 2 aromatic rings. The molecule has 5 heteroatoms. The molecule has 5 nitrogen and oxygen atoms in total. The molecule has 23 heavy (non-hydrogen) atoms. The van der Waals surface area contributed by atoms with Gasteiger partial charge in [0.25, 0.3) is 5.91 Å². The Morgan fingerprint density at radius 3 is 2.57 bits per heavy atom. The molecule has 120 valence electrons. The summed E-state index contributed by atoms with van der Waals surface area (Å²) in [6.07, 6.45) is -0.751. The summed E-state index contributed by atoms with van der Waals surface area (Å²) in [7, 11) is 1.68. The molecule has 1 amide bonds. The van der Waals surface area contributed by atoms with Gasteiger partial charge in [0, 0.05) is 12.6 Å². The largest absolute Gasteiger partial charge is 0.454 e. The Balaban J connectivity index is 1.76. The first-order valence-corrected chi connectivity index (χ1v) is 7.48. The van der Waals surface area contributed by atoms with Gasteiger partial charge in [-0.25, -0.2) is 0 Å². The number of rotatable bonds is 4. The second kappa shape index (κ2) is 6.30. The van der Waals surface area contributed by atoms with Gasteiger partial charge in [-0.3, -0.25) is 4.79 Å². The summed E-state index contributed by atoms with van der Waals surface area (Å²) in [5.74, 6) is 1.04. The fourth-order valence-corrected chi connectivity index (χ4v) is 2.56. The van der Waals surface area contributed by atoms with E-state index in [1.54, 1.807) is 25.2 Å². The number of aliphatic hydroxyl groups excluding tert-OH is 1. The van der Waals surface area contributed by atoms with E-state index in [9.17, 15) is 9.90 Å². The highest BCUT2D eigenvalue weighted by Crippen LogP contribution is 2.33. The Bertz CT molecular complexity index is 701. The zero-order chi connectivity index (χ0) is 16.4. The van der Waals surface area contributed by atoms with Gasteiger partial charge in [0.15, 0.2) is 11.5 Å². The number of carbonyl (C=O) groups is 1. The Hall–Kier alpha value is -2.53. The van der Waals surface area contributed by atoms with Crippen LogP contribution in [0.4, 0.5) is 0 Å². The normalized spacial score (nSPS) is 15.1. The van der Waals surface area contributed by atoms with E-state index >= 15 is 0 Å². The zero-order valence-electron chi connectivity index (χ0n) is 13.1. The van der Waals surface area contributed by atoms with Crippen molar-refractivity contribution in [1.82, 2.24) is 4.90 Å². The fraction of sp³-hybridized carbons (Fsp3) is 0.278. The molecule has 1 aliphatic heterocycles. The topological polar surface area (TPSA) is 59.0 Å². The van der Waals surface area contributed by atoms with Crippen LogP contribution in [0.1, 0.15) is 28.9 Å². The third kappa shape index (κ3) is 3.00. The van der Waals surface area contributed by atoms with E-state index < -0.39 is 6.10 Å². The minimum atomic E-state index is -0.751. The maximum absolute atomic E-state index is 12.6. The highest BCUT2D eigenvalue weighted by atomic mass is 16.7. The molecule has 0 aromatic heterocycles. The van der Waals surface area contributed by atoms with Gasteiger partial charge in [0.1, 0.15) is 0 Å². The first-order valence-electron chi connectivity index (χ1n) is 7.48. The molecule has 1 N–H and O–H groups in total. The number of aliphatic hydroxyl groups is 1. The molecule has 2 aromatic carbocycles. The third-order valence-corrected chi connectivity index (χ3v) is 4.15. The van der Waals surface area contributed by atoms with Crippen molar-refractivity contribution in [2.24, 2.45) is 0 Å². The van der Waals surface area contributed by atoms with E-state index in [-0.39, 0.29) is 18.7 Å². The van der Waals surface area contributed by atoms with Crippen LogP contribution >= 0.6 is 0 Å². The van der Waals surface area contributed by atoms with Crippen LogP contribution in [-0.2, 0) is 0 Å². The molecule has 0 bridgehead atoms. The van der Waals surface area contributed by atoms with E-state index in [0.717, 1.165) is 5.56 Å². The average Bonchev–Trinajstić information content (AvgIpc) is 3.07. The Kier molecular flexibility index (Phi) is 4.21. The lowest BCUT2D eigenvalue weighted by molar-refractivity contribution is 0.0486. The minimum absolute atomic E-state index is 0.173. The van der Waals surface area contributed by atoms with Gasteiger partial charge >= 0.3 is 0 Å². The van der Waals surface area contributed by atoms with Crippen molar-refractivity contribution >= 4 is 5.91 Å². The number of carbonyl (C=O) groups excluding carboxylic acids is 1. The molecular weight excluding hydrogens is 294 g/mol. The van der Waals surface area contributed by atoms with Gasteiger partial charge in [-0.2, -0.15) is 0 Å².